The SMILES string of the molecule is CC[C@@H](C)NC(=O)[C@H](C)N(Cc1c(Cl)cccc1Cl)C(=O)CN(c1ccc(F)cc1)S(C)(=O)=O. The van der Waals surface area contributed by atoms with Crippen molar-refractivity contribution in [3.8, 4) is 0 Å². The summed E-state index contributed by atoms with van der Waals surface area (Å²) in [6, 6.07) is 8.51. The highest BCUT2D eigenvalue weighted by Gasteiger charge is 2.31. The third-order valence-corrected chi connectivity index (χ3v) is 7.20. The second-order valence-corrected chi connectivity index (χ2v) is 10.7. The summed E-state index contributed by atoms with van der Waals surface area (Å²) in [5.41, 5.74) is 0.541. The van der Waals surface area contributed by atoms with Crippen LogP contribution < -0.4 is 9.62 Å². The molecule has 2 rings (SSSR count). The van der Waals surface area contributed by atoms with Crippen molar-refractivity contribution in [3.05, 3.63) is 63.9 Å². The smallest absolute Gasteiger partial charge is 0.244 e. The van der Waals surface area contributed by atoms with Crippen molar-refractivity contribution >= 4 is 50.7 Å². The van der Waals surface area contributed by atoms with Crippen LogP contribution in [0.25, 0.3) is 0 Å². The van der Waals surface area contributed by atoms with Gasteiger partial charge in [-0.1, -0.05) is 36.2 Å². The average Bonchev–Trinajstić information content (AvgIpc) is 2.76. The van der Waals surface area contributed by atoms with Crippen molar-refractivity contribution in [2.45, 2.75) is 45.8 Å². The molecule has 2 aromatic rings. The average molecular weight is 532 g/mol. The maximum absolute atomic E-state index is 13.4. The normalized spacial score (nSPS) is 13.1. The van der Waals surface area contributed by atoms with E-state index in [2.05, 4.69) is 5.32 Å². The molecule has 0 aliphatic heterocycles. The van der Waals surface area contributed by atoms with E-state index >= 15 is 0 Å². The van der Waals surface area contributed by atoms with Crippen LogP contribution >= 0.6 is 23.2 Å². The van der Waals surface area contributed by atoms with Crippen LogP contribution in [0.3, 0.4) is 0 Å². The summed E-state index contributed by atoms with van der Waals surface area (Å²) in [6.45, 7) is 4.57. The van der Waals surface area contributed by atoms with E-state index in [1.807, 2.05) is 13.8 Å². The number of nitrogens with one attached hydrogen (secondary N) is 1. The summed E-state index contributed by atoms with van der Waals surface area (Å²) in [7, 11) is -3.91. The molecule has 0 saturated heterocycles. The molecule has 1 N–H and O–H groups in total. The van der Waals surface area contributed by atoms with Gasteiger partial charge in [-0.25, -0.2) is 12.8 Å². The number of hydrogen-bond donors (Lipinski definition) is 1. The molecule has 0 radical (unpaired) electrons. The highest BCUT2D eigenvalue weighted by Crippen LogP contribution is 2.27. The van der Waals surface area contributed by atoms with Gasteiger partial charge >= 0.3 is 0 Å². The quantitative estimate of drug-likeness (QED) is 0.496. The van der Waals surface area contributed by atoms with Crippen LogP contribution in [0.2, 0.25) is 10.0 Å². The zero-order valence-corrected chi connectivity index (χ0v) is 21.7. The molecular formula is C23H28Cl2FN3O4S. The molecule has 186 valence electrons. The van der Waals surface area contributed by atoms with E-state index in [9.17, 15) is 22.4 Å². The van der Waals surface area contributed by atoms with Crippen LogP contribution in [0.5, 0.6) is 0 Å². The second-order valence-electron chi connectivity index (χ2n) is 7.96. The third kappa shape index (κ3) is 7.32. The van der Waals surface area contributed by atoms with Crippen LogP contribution in [0.1, 0.15) is 32.8 Å². The van der Waals surface area contributed by atoms with Gasteiger partial charge in [-0.05, 0) is 56.7 Å². The van der Waals surface area contributed by atoms with Crippen molar-refractivity contribution in [2.75, 3.05) is 17.1 Å². The minimum Gasteiger partial charge on any atom is -0.352 e. The molecule has 11 heteroatoms. The molecule has 0 aliphatic carbocycles. The number of sulfonamides is 1. The molecule has 0 spiro atoms. The standard InChI is InChI=1S/C23H28Cl2FN3O4S/c1-5-15(2)27-23(31)16(3)28(13-19-20(24)7-6-8-21(19)25)22(30)14-29(34(4,32)33)18-11-9-17(26)10-12-18/h6-12,15-16H,5,13-14H2,1-4H3,(H,27,31)/t15-,16+/m1/s1. The first-order valence-corrected chi connectivity index (χ1v) is 13.2. The molecule has 7 nitrogen and oxygen atoms in total. The summed E-state index contributed by atoms with van der Waals surface area (Å²) in [5.74, 6) is -1.61. The molecule has 2 amide bonds. The Morgan fingerprint density at radius 2 is 1.62 bits per heavy atom. The van der Waals surface area contributed by atoms with Crippen molar-refractivity contribution in [1.29, 1.82) is 0 Å². The molecule has 0 bridgehead atoms. The summed E-state index contributed by atoms with van der Waals surface area (Å²) in [6.07, 6.45) is 1.63. The zero-order valence-electron chi connectivity index (χ0n) is 19.4. The molecule has 2 atom stereocenters. The Labute approximate surface area is 209 Å². The number of carbonyl (C=O) groups is 2. The molecule has 2 aromatic carbocycles. The van der Waals surface area contributed by atoms with Crippen molar-refractivity contribution in [2.24, 2.45) is 0 Å². The number of benzene rings is 2. The molecule has 0 fully saturated rings. The van der Waals surface area contributed by atoms with Gasteiger partial charge in [0.05, 0.1) is 11.9 Å². The van der Waals surface area contributed by atoms with Gasteiger partial charge in [-0.15, -0.1) is 0 Å². The molecule has 34 heavy (non-hydrogen) atoms. The Kier molecular flexibility index (Phi) is 9.73. The number of amides is 2. The van der Waals surface area contributed by atoms with Gasteiger partial charge in [0.2, 0.25) is 21.8 Å². The Morgan fingerprint density at radius 1 is 1.06 bits per heavy atom. The highest BCUT2D eigenvalue weighted by molar-refractivity contribution is 7.92. The van der Waals surface area contributed by atoms with E-state index in [1.165, 1.54) is 17.0 Å². The van der Waals surface area contributed by atoms with Crippen LogP contribution in [-0.4, -0.2) is 50.0 Å². The number of hydrogen-bond acceptors (Lipinski definition) is 4. The fourth-order valence-electron chi connectivity index (χ4n) is 3.12. The Hall–Kier alpha value is -2.36. The third-order valence-electron chi connectivity index (χ3n) is 5.35. The number of nitrogens with zero attached hydrogens (tertiary/aromatic N) is 2. The van der Waals surface area contributed by atoms with Crippen LogP contribution in [0, 0.1) is 5.82 Å². The predicted molar refractivity (Wildman–Crippen MR) is 133 cm³/mol. The first-order valence-electron chi connectivity index (χ1n) is 10.6. The Balaban J connectivity index is 2.43. The Bertz CT molecular complexity index is 1110. The summed E-state index contributed by atoms with van der Waals surface area (Å²) < 4.78 is 39.2. The van der Waals surface area contributed by atoms with Crippen LogP contribution in [-0.2, 0) is 26.2 Å². The van der Waals surface area contributed by atoms with Gasteiger partial charge in [0.25, 0.3) is 0 Å². The summed E-state index contributed by atoms with van der Waals surface area (Å²) in [5, 5.41) is 3.44. The van der Waals surface area contributed by atoms with Gasteiger partial charge in [0, 0.05) is 28.2 Å². The number of anilines is 1. The van der Waals surface area contributed by atoms with Gasteiger partial charge in [0.1, 0.15) is 18.4 Å². The van der Waals surface area contributed by atoms with Gasteiger partial charge in [-0.2, -0.15) is 0 Å². The molecule has 0 heterocycles. The molecular weight excluding hydrogens is 504 g/mol. The van der Waals surface area contributed by atoms with Crippen LogP contribution in [0.15, 0.2) is 42.5 Å². The highest BCUT2D eigenvalue weighted by atomic mass is 35.5. The minimum absolute atomic E-state index is 0.115. The minimum atomic E-state index is -3.91. The fourth-order valence-corrected chi connectivity index (χ4v) is 4.49. The second kappa shape index (κ2) is 11.9. The lowest BCUT2D eigenvalue weighted by Crippen LogP contribution is -2.52. The van der Waals surface area contributed by atoms with E-state index < -0.39 is 40.2 Å². The molecule has 0 unspecified atom stereocenters. The molecule has 0 aliphatic rings. The lowest BCUT2D eigenvalue weighted by molar-refractivity contribution is -0.139. The van der Waals surface area contributed by atoms with Gasteiger partial charge in [0.15, 0.2) is 0 Å². The summed E-state index contributed by atoms with van der Waals surface area (Å²) >= 11 is 12.6. The first-order chi connectivity index (χ1) is 15.8. The van der Waals surface area contributed by atoms with E-state index in [1.54, 1.807) is 25.1 Å². The maximum Gasteiger partial charge on any atom is 0.244 e. The molecule has 0 saturated carbocycles. The van der Waals surface area contributed by atoms with Gasteiger partial charge < -0.3 is 10.2 Å². The lowest BCUT2D eigenvalue weighted by atomic mass is 10.1. The maximum atomic E-state index is 13.4. The molecule has 0 aromatic heterocycles. The van der Waals surface area contributed by atoms with Gasteiger partial charge in [-0.3, -0.25) is 13.9 Å². The topological polar surface area (TPSA) is 86.8 Å². The monoisotopic (exact) mass is 531 g/mol. The number of carbonyl (C=O) groups excluding carboxylic acids is 2. The summed E-state index contributed by atoms with van der Waals surface area (Å²) in [4.78, 5) is 27.5. The van der Waals surface area contributed by atoms with E-state index in [0.717, 1.165) is 22.7 Å². The van der Waals surface area contributed by atoms with Crippen molar-refractivity contribution in [1.82, 2.24) is 10.2 Å². The Morgan fingerprint density at radius 3 is 2.12 bits per heavy atom. The van der Waals surface area contributed by atoms with E-state index in [0.29, 0.717) is 22.0 Å². The predicted octanol–water partition coefficient (Wildman–Crippen LogP) is 4.23. The van der Waals surface area contributed by atoms with E-state index in [-0.39, 0.29) is 18.3 Å². The number of rotatable bonds is 10. The van der Waals surface area contributed by atoms with E-state index in [4.69, 9.17) is 23.2 Å². The first kappa shape index (κ1) is 27.9. The van der Waals surface area contributed by atoms with Crippen molar-refractivity contribution in [3.63, 3.8) is 0 Å². The fraction of sp³-hybridized carbons (Fsp3) is 0.391. The zero-order chi connectivity index (χ0) is 25.6. The van der Waals surface area contributed by atoms with Crippen LogP contribution in [0.4, 0.5) is 10.1 Å². The largest absolute Gasteiger partial charge is 0.352 e. The van der Waals surface area contributed by atoms with Crippen molar-refractivity contribution < 1.29 is 22.4 Å². The number of halogens is 3. The lowest BCUT2D eigenvalue weighted by Gasteiger charge is -2.32.